The van der Waals surface area contributed by atoms with Gasteiger partial charge in [0, 0.05) is 79.5 Å². The average molecular weight is 1540 g/mol. The maximum Gasteiger partial charge on any atom is 0.123 e. The number of nitrogens with zero attached hydrogens (tertiary/aromatic N) is 6. The zero-order chi connectivity index (χ0) is 79.7. The topological polar surface area (TPSA) is 19.4 Å². The van der Waals surface area contributed by atoms with Gasteiger partial charge in [0.2, 0.25) is 0 Å². The summed E-state index contributed by atoms with van der Waals surface area (Å²) in [5.74, 6) is 3.19. The normalized spacial score (nSPS) is 24.1. The van der Waals surface area contributed by atoms with Gasteiger partial charge < -0.3 is 0 Å². The first-order valence-corrected chi connectivity index (χ1v) is 44.7. The second-order valence-corrected chi connectivity index (χ2v) is 42.0. The van der Waals surface area contributed by atoms with Gasteiger partial charge in [0.1, 0.15) is 5.82 Å². The standard InChI is InChI=1S/3C18H27N.C17H24FN.2C15H22ClN/c2*1-13-7-5-8-15(17(13)14-10-11-14)16-9-6-12-19(16)18(2,3)4;1-13-7-10-15(16(12-13)14-8-9-14)17-6-5-11-19(17)18(2,3)4;1-17(2,3)19-10-4-5-16(19)15-11-13(18)8-9-14(15)12-6-7-12;2*1-11-7-5-8-12(14(11)16)13-9-6-10-17(13)15(2,3)4/h2*5,7-8,14,16H,6,9-12H2,1-4H3;7,10,12,14,17H,5-6,8-9,11H2,1-4H3;8-9,11-12,16H,4-7,10H2,1-3H3;2*5,7-8,13H,6,9-10H2,1-4H3. The van der Waals surface area contributed by atoms with Crippen LogP contribution in [0.15, 0.2) is 109 Å². The van der Waals surface area contributed by atoms with Crippen molar-refractivity contribution < 1.29 is 4.39 Å². The van der Waals surface area contributed by atoms with Crippen LogP contribution in [0, 0.1) is 40.4 Å². The van der Waals surface area contributed by atoms with E-state index >= 15 is 0 Å². The molecule has 6 heterocycles. The zero-order valence-corrected chi connectivity index (χ0v) is 74.9. The fourth-order valence-electron chi connectivity index (χ4n) is 20.4. The van der Waals surface area contributed by atoms with Crippen LogP contribution in [0.25, 0.3) is 0 Å². The zero-order valence-electron chi connectivity index (χ0n) is 73.4. The monoisotopic (exact) mass is 1540 g/mol. The number of aryl methyl sites for hydroxylation is 5. The summed E-state index contributed by atoms with van der Waals surface area (Å²) in [7, 11) is 0. The minimum atomic E-state index is -0.0832. The number of hydrogen-bond acceptors (Lipinski definition) is 6. The fourth-order valence-corrected chi connectivity index (χ4v) is 20.9. The number of halogens is 3. The largest absolute Gasteiger partial charge is 0.291 e. The first-order chi connectivity index (χ1) is 51.7. The molecule has 6 unspecified atom stereocenters. The van der Waals surface area contributed by atoms with Crippen molar-refractivity contribution in [3.05, 3.63) is 209 Å². The first-order valence-electron chi connectivity index (χ1n) is 43.9. The van der Waals surface area contributed by atoms with Gasteiger partial charge in [0.25, 0.3) is 0 Å². The molecule has 0 N–H and O–H groups in total. The number of benzene rings is 6. The third kappa shape index (κ3) is 21.4. The summed E-state index contributed by atoms with van der Waals surface area (Å²) in [6.45, 7) is 60.0. The molecule has 0 aromatic heterocycles. The Morgan fingerprint density at radius 3 is 0.836 bits per heavy atom. The van der Waals surface area contributed by atoms with E-state index in [0.717, 1.165) is 34.3 Å². The van der Waals surface area contributed by atoms with E-state index in [0.29, 0.717) is 42.2 Å². The molecule has 4 saturated carbocycles. The molecule has 0 radical (unpaired) electrons. The molecule has 4 aliphatic carbocycles. The van der Waals surface area contributed by atoms with Crippen LogP contribution in [-0.2, 0) is 0 Å². The van der Waals surface area contributed by atoms with Gasteiger partial charge in [0.15, 0.2) is 0 Å². The summed E-state index contributed by atoms with van der Waals surface area (Å²) in [5, 5.41) is 1.90. The highest BCUT2D eigenvalue weighted by atomic mass is 35.5. The van der Waals surface area contributed by atoms with Crippen LogP contribution in [0.1, 0.15) is 396 Å². The van der Waals surface area contributed by atoms with Crippen molar-refractivity contribution in [2.24, 2.45) is 0 Å². The van der Waals surface area contributed by atoms with Crippen molar-refractivity contribution in [3.63, 3.8) is 0 Å². The van der Waals surface area contributed by atoms with Gasteiger partial charge in [-0.2, -0.15) is 0 Å². The Bertz CT molecular complexity index is 3810. The molecular weight excluding hydrogens is 1390 g/mol. The van der Waals surface area contributed by atoms with Crippen molar-refractivity contribution >= 4 is 23.2 Å². The van der Waals surface area contributed by atoms with E-state index in [-0.39, 0.29) is 39.1 Å². The van der Waals surface area contributed by atoms with Crippen molar-refractivity contribution in [2.75, 3.05) is 39.3 Å². The Morgan fingerprint density at radius 1 is 0.264 bits per heavy atom. The lowest BCUT2D eigenvalue weighted by atomic mass is 9.90. The molecule has 6 atom stereocenters. The van der Waals surface area contributed by atoms with Crippen LogP contribution < -0.4 is 0 Å². The predicted molar refractivity (Wildman–Crippen MR) is 471 cm³/mol. The van der Waals surface area contributed by atoms with Gasteiger partial charge in [-0.1, -0.05) is 126 Å². The molecule has 0 amide bonds. The molecule has 10 aliphatic rings. The minimum absolute atomic E-state index is 0.0832. The minimum Gasteiger partial charge on any atom is -0.291 e. The third-order valence-corrected chi connectivity index (χ3v) is 27.3. The molecule has 10 fully saturated rings. The summed E-state index contributed by atoms with van der Waals surface area (Å²) < 4.78 is 13.7. The van der Waals surface area contributed by atoms with E-state index in [1.807, 2.05) is 6.07 Å². The first kappa shape index (κ1) is 86.4. The van der Waals surface area contributed by atoms with Crippen molar-refractivity contribution in [1.82, 2.24) is 29.4 Å². The van der Waals surface area contributed by atoms with Gasteiger partial charge in [-0.25, -0.2) is 4.39 Å². The molecule has 6 aromatic carbocycles. The maximum absolute atomic E-state index is 13.7. The molecule has 604 valence electrons. The Kier molecular flexibility index (Phi) is 28.0. The second kappa shape index (κ2) is 35.6. The average Bonchev–Trinajstić information content (AvgIpc) is 1.60. The molecule has 16 rings (SSSR count). The third-order valence-electron chi connectivity index (χ3n) is 26.3. The second-order valence-electron chi connectivity index (χ2n) is 41.2. The Balaban J connectivity index is 0.000000131. The predicted octanol–water partition coefficient (Wildman–Crippen LogP) is 28.2. The summed E-state index contributed by atoms with van der Waals surface area (Å²) in [6, 6.07) is 42.7. The quantitative estimate of drug-likeness (QED) is 0.135. The Hall–Kier alpha value is -4.41. The van der Waals surface area contributed by atoms with Crippen LogP contribution in [0.3, 0.4) is 0 Å². The van der Waals surface area contributed by atoms with E-state index in [1.165, 1.54) is 211 Å². The fraction of sp³-hybridized carbons (Fsp3) is 0.644. The summed E-state index contributed by atoms with van der Waals surface area (Å²) in [4.78, 5) is 15.8. The molecule has 9 heteroatoms. The molecule has 6 saturated heterocycles. The van der Waals surface area contributed by atoms with Gasteiger partial charge in [-0.05, 0) is 441 Å². The van der Waals surface area contributed by atoms with Gasteiger partial charge in [-0.15, -0.1) is 0 Å². The van der Waals surface area contributed by atoms with E-state index in [9.17, 15) is 4.39 Å². The van der Waals surface area contributed by atoms with Crippen molar-refractivity contribution in [1.29, 1.82) is 0 Å². The summed E-state index contributed by atoms with van der Waals surface area (Å²) >= 11 is 12.9. The Morgan fingerprint density at radius 2 is 0.527 bits per heavy atom. The van der Waals surface area contributed by atoms with Crippen LogP contribution >= 0.6 is 23.2 Å². The lowest BCUT2D eigenvalue weighted by molar-refractivity contribution is 0.121. The molecular formula is C101H149Cl2FN6. The molecule has 6 aromatic rings. The number of likely N-dealkylation sites (tertiary alicyclic amines) is 6. The lowest BCUT2D eigenvalue weighted by Gasteiger charge is -2.38. The van der Waals surface area contributed by atoms with Crippen molar-refractivity contribution in [3.8, 4) is 0 Å². The molecule has 0 spiro atoms. The van der Waals surface area contributed by atoms with E-state index < -0.39 is 0 Å². The molecule has 6 aliphatic heterocycles. The number of hydrogen-bond donors (Lipinski definition) is 0. The lowest BCUT2D eigenvalue weighted by Crippen LogP contribution is -2.40. The van der Waals surface area contributed by atoms with Gasteiger partial charge in [-0.3, -0.25) is 29.4 Å². The summed E-state index contributed by atoms with van der Waals surface area (Å²) in [6.07, 6.45) is 26.4. The van der Waals surface area contributed by atoms with E-state index in [1.54, 1.807) is 45.5 Å². The number of rotatable bonds is 10. The highest BCUT2D eigenvalue weighted by Crippen LogP contribution is 2.53. The smallest absolute Gasteiger partial charge is 0.123 e. The Labute approximate surface area is 681 Å². The SMILES string of the molecule is CC(C)(C)N1CCCC1c1cc(F)ccc1C1CC1.Cc1ccc(C2CCCN2C(C)(C)C)c(C2CC2)c1.Cc1cccc(C2CCCN2C(C)(C)C)c1C1CC1.Cc1cccc(C2CCCN2C(C)(C)C)c1C1CC1.Cc1cccc(C2CCCN2C(C)(C)C)c1Cl.Cc1cccc(C2CCCN2C(C)(C)C)c1Cl. The summed E-state index contributed by atoms with van der Waals surface area (Å²) in [5.41, 5.74) is 23.5. The van der Waals surface area contributed by atoms with Crippen LogP contribution in [-0.4, -0.2) is 102 Å². The van der Waals surface area contributed by atoms with Gasteiger partial charge in [0.05, 0.1) is 0 Å². The molecule has 0 bridgehead atoms. The van der Waals surface area contributed by atoms with E-state index in [2.05, 4.69) is 280 Å². The van der Waals surface area contributed by atoms with Crippen LogP contribution in [0.2, 0.25) is 10.0 Å². The van der Waals surface area contributed by atoms with Crippen LogP contribution in [0.4, 0.5) is 4.39 Å². The highest BCUT2D eigenvalue weighted by Gasteiger charge is 2.43. The molecule has 110 heavy (non-hydrogen) atoms. The van der Waals surface area contributed by atoms with E-state index in [4.69, 9.17) is 23.2 Å². The van der Waals surface area contributed by atoms with Crippen molar-refractivity contribution in [2.45, 2.75) is 381 Å². The highest BCUT2D eigenvalue weighted by molar-refractivity contribution is 6.32. The molecule has 6 nitrogen and oxygen atoms in total. The van der Waals surface area contributed by atoms with Gasteiger partial charge >= 0.3 is 0 Å². The van der Waals surface area contributed by atoms with Crippen LogP contribution in [0.5, 0.6) is 0 Å². The maximum atomic E-state index is 13.7.